The summed E-state index contributed by atoms with van der Waals surface area (Å²) in [6.07, 6.45) is 3.53. The number of hydrogen-bond acceptors (Lipinski definition) is 4. The van der Waals surface area contributed by atoms with E-state index in [4.69, 9.17) is 4.52 Å². The van der Waals surface area contributed by atoms with Crippen molar-refractivity contribution in [1.82, 2.24) is 5.16 Å². The number of unbranched alkanes of at least 4 members (excludes halogenated alkanes) is 1. The van der Waals surface area contributed by atoms with Gasteiger partial charge in [0.15, 0.2) is 12.4 Å². The number of carbonyl (C=O) groups excluding carboxylic acids is 1. The number of aryl methyl sites for hydroxylation is 2. The summed E-state index contributed by atoms with van der Waals surface area (Å²) in [6.45, 7) is 4.32. The van der Waals surface area contributed by atoms with Crippen molar-refractivity contribution in [1.29, 1.82) is 0 Å². The van der Waals surface area contributed by atoms with Crippen molar-refractivity contribution in [2.24, 2.45) is 0 Å². The van der Waals surface area contributed by atoms with Gasteiger partial charge in [-0.3, -0.25) is 4.79 Å². The molecule has 0 saturated heterocycles. The molecule has 0 spiro atoms. The van der Waals surface area contributed by atoms with Crippen LogP contribution >= 0.6 is 11.3 Å². The van der Waals surface area contributed by atoms with Crippen molar-refractivity contribution in [3.8, 4) is 0 Å². The summed E-state index contributed by atoms with van der Waals surface area (Å²) in [6, 6.07) is 14.8. The lowest BCUT2D eigenvalue weighted by Crippen LogP contribution is -2.87. The Kier molecular flexibility index (Phi) is 6.79. The van der Waals surface area contributed by atoms with E-state index in [0.29, 0.717) is 18.1 Å². The molecule has 0 fully saturated rings. The molecule has 1 atom stereocenters. The molecule has 0 bridgehead atoms. The van der Waals surface area contributed by atoms with E-state index >= 15 is 0 Å². The van der Waals surface area contributed by atoms with Gasteiger partial charge in [0.25, 0.3) is 5.91 Å². The Hall–Kier alpha value is -2.44. The summed E-state index contributed by atoms with van der Waals surface area (Å²) in [5, 5.41) is 10.7. The molecule has 0 aliphatic heterocycles. The molecule has 1 amide bonds. The fourth-order valence-corrected chi connectivity index (χ4v) is 3.85. The average molecular weight is 385 g/mol. The van der Waals surface area contributed by atoms with E-state index in [9.17, 15) is 4.79 Å². The molecule has 2 heterocycles. The molecule has 0 aliphatic carbocycles. The first-order chi connectivity index (χ1) is 13.2. The molecule has 142 valence electrons. The van der Waals surface area contributed by atoms with Gasteiger partial charge in [0.05, 0.1) is 4.88 Å². The molecule has 3 rings (SSSR count). The Labute approximate surface area is 163 Å². The first-order valence-corrected chi connectivity index (χ1v) is 10.2. The van der Waals surface area contributed by atoms with E-state index in [0.717, 1.165) is 6.42 Å². The van der Waals surface area contributed by atoms with Gasteiger partial charge in [0.1, 0.15) is 11.8 Å². The number of rotatable bonds is 9. The average Bonchev–Trinajstić information content (AvgIpc) is 3.33. The van der Waals surface area contributed by atoms with Crippen molar-refractivity contribution in [3.05, 3.63) is 69.6 Å². The van der Waals surface area contributed by atoms with Crippen molar-refractivity contribution >= 4 is 23.1 Å². The second-order valence-corrected chi connectivity index (χ2v) is 7.63. The second-order valence-electron chi connectivity index (χ2n) is 6.65. The standard InChI is InChI=1S/C21H25N3O2S/c1-3-4-6-16-8-10-17(11-9-16)21(18-7-5-12-27-18)22-14-20(25)23-19-13-15(2)26-24-19/h5,7-13,21-22H,3-4,6,14H2,1-2H3,(H,23,24,25)/p+1/t21-/m1/s1. The SMILES string of the molecule is CCCCc1ccc([C@@H]([NH2+]CC(=O)Nc2cc(C)on2)c2cccs2)cc1. The Bertz CT molecular complexity index is 841. The zero-order valence-corrected chi connectivity index (χ0v) is 16.6. The van der Waals surface area contributed by atoms with Crippen LogP contribution in [-0.2, 0) is 11.2 Å². The van der Waals surface area contributed by atoms with Crippen LogP contribution in [0, 0.1) is 6.92 Å². The fraction of sp³-hybridized carbons (Fsp3) is 0.333. The Morgan fingerprint density at radius 3 is 2.74 bits per heavy atom. The molecule has 2 aromatic heterocycles. The number of nitrogens with two attached hydrogens (primary N) is 1. The lowest BCUT2D eigenvalue weighted by atomic mass is 10.0. The van der Waals surface area contributed by atoms with Gasteiger partial charge in [-0.2, -0.15) is 0 Å². The van der Waals surface area contributed by atoms with E-state index in [1.165, 1.54) is 28.8 Å². The molecule has 6 heteroatoms. The van der Waals surface area contributed by atoms with E-state index in [2.05, 4.69) is 64.5 Å². The van der Waals surface area contributed by atoms with E-state index in [1.54, 1.807) is 24.3 Å². The van der Waals surface area contributed by atoms with Crippen molar-refractivity contribution in [2.45, 2.75) is 39.2 Å². The molecule has 0 aliphatic rings. The smallest absolute Gasteiger partial charge is 0.280 e. The third-order valence-corrected chi connectivity index (χ3v) is 5.40. The Morgan fingerprint density at radius 1 is 1.30 bits per heavy atom. The van der Waals surface area contributed by atoms with Gasteiger partial charge in [-0.25, -0.2) is 0 Å². The van der Waals surface area contributed by atoms with Crippen LogP contribution in [0.25, 0.3) is 0 Å². The maximum atomic E-state index is 12.3. The molecule has 3 aromatic rings. The zero-order chi connectivity index (χ0) is 19.1. The van der Waals surface area contributed by atoms with E-state index in [1.807, 2.05) is 0 Å². The minimum absolute atomic E-state index is 0.0931. The third kappa shape index (κ3) is 5.52. The van der Waals surface area contributed by atoms with Crippen LogP contribution < -0.4 is 10.6 Å². The van der Waals surface area contributed by atoms with Crippen LogP contribution in [0.4, 0.5) is 5.82 Å². The van der Waals surface area contributed by atoms with Gasteiger partial charge in [0.2, 0.25) is 0 Å². The highest BCUT2D eigenvalue weighted by atomic mass is 32.1. The first-order valence-electron chi connectivity index (χ1n) is 9.34. The number of benzene rings is 1. The van der Waals surface area contributed by atoms with Gasteiger partial charge >= 0.3 is 0 Å². The highest BCUT2D eigenvalue weighted by molar-refractivity contribution is 7.10. The molecule has 5 nitrogen and oxygen atoms in total. The van der Waals surface area contributed by atoms with Crippen molar-refractivity contribution < 1.29 is 14.6 Å². The fourth-order valence-electron chi connectivity index (χ4n) is 3.00. The second kappa shape index (κ2) is 9.48. The lowest BCUT2D eigenvalue weighted by molar-refractivity contribution is -0.675. The molecule has 3 N–H and O–H groups in total. The zero-order valence-electron chi connectivity index (χ0n) is 15.8. The summed E-state index contributed by atoms with van der Waals surface area (Å²) in [5.74, 6) is 1.04. The molecule has 1 aromatic carbocycles. The molecular formula is C21H26N3O2S+. The van der Waals surface area contributed by atoms with Gasteiger partial charge in [-0.1, -0.05) is 48.8 Å². The first kappa shape index (κ1) is 19.3. The van der Waals surface area contributed by atoms with Gasteiger partial charge in [0, 0.05) is 11.6 Å². The van der Waals surface area contributed by atoms with Crippen LogP contribution in [0.15, 0.2) is 52.4 Å². The van der Waals surface area contributed by atoms with Crippen LogP contribution in [0.5, 0.6) is 0 Å². The largest absolute Gasteiger partial charge is 0.360 e. The highest BCUT2D eigenvalue weighted by Crippen LogP contribution is 2.23. The van der Waals surface area contributed by atoms with Crippen LogP contribution in [0.2, 0.25) is 0 Å². The van der Waals surface area contributed by atoms with Gasteiger partial charge in [-0.15, -0.1) is 11.3 Å². The number of thiophene rings is 1. The van der Waals surface area contributed by atoms with Crippen molar-refractivity contribution in [2.75, 3.05) is 11.9 Å². The highest BCUT2D eigenvalue weighted by Gasteiger charge is 2.20. The summed E-state index contributed by atoms with van der Waals surface area (Å²) in [5.41, 5.74) is 2.58. The molecule has 0 unspecified atom stereocenters. The summed E-state index contributed by atoms with van der Waals surface area (Å²) in [7, 11) is 0. The van der Waals surface area contributed by atoms with Gasteiger partial charge in [-0.05, 0) is 36.8 Å². The van der Waals surface area contributed by atoms with Gasteiger partial charge < -0.3 is 15.2 Å². The third-order valence-electron chi connectivity index (χ3n) is 4.44. The van der Waals surface area contributed by atoms with Crippen LogP contribution in [-0.4, -0.2) is 17.6 Å². The number of hydrogen-bond donors (Lipinski definition) is 2. The van der Waals surface area contributed by atoms with E-state index in [-0.39, 0.29) is 11.9 Å². The number of quaternary nitrogens is 1. The minimum Gasteiger partial charge on any atom is -0.360 e. The summed E-state index contributed by atoms with van der Waals surface area (Å²) < 4.78 is 4.99. The topological polar surface area (TPSA) is 71.7 Å². The predicted octanol–water partition coefficient (Wildman–Crippen LogP) is 3.68. The maximum Gasteiger partial charge on any atom is 0.280 e. The molecule has 27 heavy (non-hydrogen) atoms. The number of aromatic nitrogens is 1. The number of nitrogens with zero attached hydrogens (tertiary/aromatic N) is 1. The lowest BCUT2D eigenvalue weighted by Gasteiger charge is -2.15. The quantitative estimate of drug-likeness (QED) is 0.591. The van der Waals surface area contributed by atoms with Crippen LogP contribution in [0.3, 0.4) is 0 Å². The normalized spacial score (nSPS) is 12.1. The number of carbonyl (C=O) groups is 1. The number of amides is 1. The monoisotopic (exact) mass is 384 g/mol. The maximum absolute atomic E-state index is 12.3. The number of nitrogens with one attached hydrogen (secondary N) is 1. The molecular weight excluding hydrogens is 358 g/mol. The summed E-state index contributed by atoms with van der Waals surface area (Å²) in [4.78, 5) is 13.5. The predicted molar refractivity (Wildman–Crippen MR) is 108 cm³/mol. The minimum atomic E-state index is -0.0931. The van der Waals surface area contributed by atoms with E-state index < -0.39 is 0 Å². The van der Waals surface area contributed by atoms with Crippen molar-refractivity contribution in [3.63, 3.8) is 0 Å². The summed E-state index contributed by atoms with van der Waals surface area (Å²) >= 11 is 1.71. The molecule has 0 radical (unpaired) electrons. The Morgan fingerprint density at radius 2 is 2.11 bits per heavy atom. The van der Waals surface area contributed by atoms with Crippen LogP contribution in [0.1, 0.15) is 47.6 Å². The Balaban J connectivity index is 1.66. The number of anilines is 1. The molecule has 0 saturated carbocycles.